The number of carbonyl (C=O) groups excluding carboxylic acids is 1. The standard InChI is InChI=1S/C17H23NO3/c1-11(2)12(3)16(19)18-9-14(15(10-18)17(20)21)13-7-5-4-6-8-13/h4-8,11-12,14-15H,9-10H2,1-3H3,(H,20,21). The van der Waals surface area contributed by atoms with Gasteiger partial charge in [0.25, 0.3) is 0 Å². The van der Waals surface area contributed by atoms with E-state index in [-0.39, 0.29) is 23.7 Å². The first-order chi connectivity index (χ1) is 9.91. The predicted octanol–water partition coefficient (Wildman–Crippen LogP) is 2.61. The van der Waals surface area contributed by atoms with Crippen molar-refractivity contribution < 1.29 is 14.7 Å². The molecule has 1 saturated heterocycles. The molecule has 2 rings (SSSR count). The molecule has 21 heavy (non-hydrogen) atoms. The minimum atomic E-state index is -0.823. The zero-order valence-electron chi connectivity index (χ0n) is 12.8. The van der Waals surface area contributed by atoms with Gasteiger partial charge in [0.2, 0.25) is 5.91 Å². The Labute approximate surface area is 125 Å². The first-order valence-electron chi connectivity index (χ1n) is 7.48. The van der Waals surface area contributed by atoms with Crippen molar-refractivity contribution in [2.45, 2.75) is 26.7 Å². The molecule has 1 aliphatic rings. The average molecular weight is 289 g/mol. The summed E-state index contributed by atoms with van der Waals surface area (Å²) in [4.78, 5) is 25.7. The number of carbonyl (C=O) groups is 2. The molecule has 0 aromatic heterocycles. The lowest BCUT2D eigenvalue weighted by molar-refractivity contribution is -0.142. The summed E-state index contributed by atoms with van der Waals surface area (Å²) in [5.41, 5.74) is 0.998. The summed E-state index contributed by atoms with van der Waals surface area (Å²) in [6.45, 7) is 6.75. The van der Waals surface area contributed by atoms with Crippen molar-refractivity contribution in [2.24, 2.45) is 17.8 Å². The first kappa shape index (κ1) is 15.5. The highest BCUT2D eigenvalue weighted by atomic mass is 16.4. The quantitative estimate of drug-likeness (QED) is 0.927. The van der Waals surface area contributed by atoms with Crippen molar-refractivity contribution in [3.63, 3.8) is 0 Å². The summed E-state index contributed by atoms with van der Waals surface area (Å²) in [5.74, 6) is -1.21. The first-order valence-corrected chi connectivity index (χ1v) is 7.48. The molecule has 1 aliphatic heterocycles. The second-order valence-corrected chi connectivity index (χ2v) is 6.24. The topological polar surface area (TPSA) is 57.6 Å². The molecule has 1 fully saturated rings. The Kier molecular flexibility index (Phi) is 4.66. The van der Waals surface area contributed by atoms with Gasteiger partial charge in [0.15, 0.2) is 0 Å². The molecule has 1 N–H and O–H groups in total. The molecule has 4 nitrogen and oxygen atoms in total. The lowest BCUT2D eigenvalue weighted by Gasteiger charge is -2.23. The van der Waals surface area contributed by atoms with Gasteiger partial charge in [0.05, 0.1) is 5.92 Å². The van der Waals surface area contributed by atoms with Crippen LogP contribution in [-0.2, 0) is 9.59 Å². The van der Waals surface area contributed by atoms with E-state index in [4.69, 9.17) is 0 Å². The van der Waals surface area contributed by atoms with Crippen molar-refractivity contribution in [1.29, 1.82) is 0 Å². The number of carboxylic acid groups (broad SMARTS) is 1. The maximum atomic E-state index is 12.5. The molecule has 0 bridgehead atoms. The fraction of sp³-hybridized carbons (Fsp3) is 0.529. The van der Waals surface area contributed by atoms with Crippen LogP contribution in [0.25, 0.3) is 0 Å². The highest BCUT2D eigenvalue weighted by molar-refractivity contribution is 5.81. The average Bonchev–Trinajstić information content (AvgIpc) is 2.91. The number of likely N-dealkylation sites (tertiary alicyclic amines) is 1. The van der Waals surface area contributed by atoms with Crippen LogP contribution in [0.1, 0.15) is 32.3 Å². The minimum absolute atomic E-state index is 0.0645. The molecule has 1 amide bonds. The summed E-state index contributed by atoms with van der Waals surface area (Å²) >= 11 is 0. The molecule has 114 valence electrons. The van der Waals surface area contributed by atoms with E-state index in [0.717, 1.165) is 5.56 Å². The molecule has 3 atom stereocenters. The van der Waals surface area contributed by atoms with Crippen LogP contribution in [-0.4, -0.2) is 35.0 Å². The van der Waals surface area contributed by atoms with Gasteiger partial charge in [0.1, 0.15) is 0 Å². The third-order valence-electron chi connectivity index (χ3n) is 4.57. The van der Waals surface area contributed by atoms with Crippen molar-refractivity contribution in [2.75, 3.05) is 13.1 Å². The number of rotatable bonds is 4. The molecule has 1 aromatic rings. The van der Waals surface area contributed by atoms with Gasteiger partial charge in [-0.15, -0.1) is 0 Å². The van der Waals surface area contributed by atoms with Crippen molar-refractivity contribution in [3.05, 3.63) is 35.9 Å². The summed E-state index contributed by atoms with van der Waals surface area (Å²) in [5, 5.41) is 9.45. The Balaban J connectivity index is 2.20. The van der Waals surface area contributed by atoms with E-state index in [0.29, 0.717) is 13.1 Å². The van der Waals surface area contributed by atoms with E-state index >= 15 is 0 Å². The molecule has 4 heteroatoms. The molecule has 1 aromatic carbocycles. The third kappa shape index (κ3) is 3.26. The summed E-state index contributed by atoms with van der Waals surface area (Å²) < 4.78 is 0. The maximum absolute atomic E-state index is 12.5. The van der Waals surface area contributed by atoms with Gasteiger partial charge in [-0.1, -0.05) is 51.1 Å². The molecule has 0 radical (unpaired) electrons. The molecule has 3 unspecified atom stereocenters. The van der Waals surface area contributed by atoms with Gasteiger partial charge in [-0.2, -0.15) is 0 Å². The van der Waals surface area contributed by atoms with Crippen LogP contribution in [0.2, 0.25) is 0 Å². The predicted molar refractivity (Wildman–Crippen MR) is 80.9 cm³/mol. The van der Waals surface area contributed by atoms with E-state index in [1.54, 1.807) is 4.90 Å². The fourth-order valence-corrected chi connectivity index (χ4v) is 2.85. The van der Waals surface area contributed by atoms with Crippen LogP contribution in [0.5, 0.6) is 0 Å². The lowest BCUT2D eigenvalue weighted by Crippen LogP contribution is -2.36. The molecule has 0 saturated carbocycles. The van der Waals surface area contributed by atoms with E-state index < -0.39 is 11.9 Å². The number of carboxylic acids is 1. The van der Waals surface area contributed by atoms with Crippen molar-refractivity contribution >= 4 is 11.9 Å². The van der Waals surface area contributed by atoms with Crippen LogP contribution in [0.4, 0.5) is 0 Å². The Bertz CT molecular complexity index is 512. The number of hydrogen-bond acceptors (Lipinski definition) is 2. The van der Waals surface area contributed by atoms with Gasteiger partial charge in [0, 0.05) is 24.9 Å². The Morgan fingerprint density at radius 3 is 2.29 bits per heavy atom. The molecular weight excluding hydrogens is 266 g/mol. The van der Waals surface area contributed by atoms with E-state index in [9.17, 15) is 14.7 Å². The van der Waals surface area contributed by atoms with Gasteiger partial charge in [-0.25, -0.2) is 0 Å². The maximum Gasteiger partial charge on any atom is 0.308 e. The van der Waals surface area contributed by atoms with Gasteiger partial charge >= 0.3 is 5.97 Å². The van der Waals surface area contributed by atoms with Crippen LogP contribution < -0.4 is 0 Å². The summed E-state index contributed by atoms with van der Waals surface area (Å²) in [6, 6.07) is 9.63. The summed E-state index contributed by atoms with van der Waals surface area (Å²) in [6.07, 6.45) is 0. The second-order valence-electron chi connectivity index (χ2n) is 6.24. The summed E-state index contributed by atoms with van der Waals surface area (Å²) in [7, 11) is 0. The van der Waals surface area contributed by atoms with E-state index in [1.807, 2.05) is 51.1 Å². The smallest absolute Gasteiger partial charge is 0.308 e. The zero-order chi connectivity index (χ0) is 15.6. The van der Waals surface area contributed by atoms with Gasteiger partial charge in [-0.05, 0) is 11.5 Å². The van der Waals surface area contributed by atoms with E-state index in [2.05, 4.69) is 0 Å². The molecular formula is C17H23NO3. The monoisotopic (exact) mass is 289 g/mol. The normalized spacial score (nSPS) is 23.3. The minimum Gasteiger partial charge on any atom is -0.481 e. The third-order valence-corrected chi connectivity index (χ3v) is 4.57. The zero-order valence-corrected chi connectivity index (χ0v) is 12.8. The Morgan fingerprint density at radius 1 is 1.14 bits per heavy atom. The van der Waals surface area contributed by atoms with Crippen molar-refractivity contribution in [1.82, 2.24) is 4.90 Å². The highest BCUT2D eigenvalue weighted by Crippen LogP contribution is 2.34. The molecule has 0 aliphatic carbocycles. The highest BCUT2D eigenvalue weighted by Gasteiger charge is 2.41. The molecule has 1 heterocycles. The second kappa shape index (κ2) is 6.29. The van der Waals surface area contributed by atoms with Crippen molar-refractivity contribution in [3.8, 4) is 0 Å². The Hall–Kier alpha value is -1.84. The SMILES string of the molecule is CC(C)C(C)C(=O)N1CC(C(=O)O)C(c2ccccc2)C1. The number of aliphatic carboxylic acids is 1. The van der Waals surface area contributed by atoms with Gasteiger partial charge in [-0.3, -0.25) is 9.59 Å². The Morgan fingerprint density at radius 2 is 1.76 bits per heavy atom. The molecule has 0 spiro atoms. The fourth-order valence-electron chi connectivity index (χ4n) is 2.85. The van der Waals surface area contributed by atoms with E-state index in [1.165, 1.54) is 0 Å². The van der Waals surface area contributed by atoms with Crippen LogP contribution in [0.15, 0.2) is 30.3 Å². The van der Waals surface area contributed by atoms with Crippen LogP contribution in [0.3, 0.4) is 0 Å². The number of hydrogen-bond donors (Lipinski definition) is 1. The van der Waals surface area contributed by atoms with Gasteiger partial charge < -0.3 is 10.0 Å². The number of amides is 1. The lowest BCUT2D eigenvalue weighted by atomic mass is 9.89. The largest absolute Gasteiger partial charge is 0.481 e. The number of nitrogens with zero attached hydrogens (tertiary/aromatic N) is 1. The van der Waals surface area contributed by atoms with Crippen LogP contribution >= 0.6 is 0 Å². The number of benzene rings is 1. The van der Waals surface area contributed by atoms with Crippen LogP contribution in [0, 0.1) is 17.8 Å².